The van der Waals surface area contributed by atoms with Crippen molar-refractivity contribution < 1.29 is 18.7 Å². The van der Waals surface area contributed by atoms with Crippen LogP contribution < -0.4 is 10.3 Å². The molecule has 3 heterocycles. The van der Waals surface area contributed by atoms with Gasteiger partial charge in [-0.05, 0) is 82.0 Å². The molecule has 2 aromatic heterocycles. The zero-order chi connectivity index (χ0) is 30.2. The summed E-state index contributed by atoms with van der Waals surface area (Å²) in [6.45, 7) is 7.68. The van der Waals surface area contributed by atoms with Gasteiger partial charge in [0.05, 0.1) is 41.4 Å². The Hall–Kier alpha value is -4.78. The summed E-state index contributed by atoms with van der Waals surface area (Å²) in [6.07, 6.45) is 2.82. The van der Waals surface area contributed by atoms with E-state index in [-0.39, 0.29) is 22.6 Å². The third kappa shape index (κ3) is 5.68. The van der Waals surface area contributed by atoms with Crippen LogP contribution in [0.2, 0.25) is 0 Å². The summed E-state index contributed by atoms with van der Waals surface area (Å²) in [6, 6.07) is 12.8. The molecule has 1 unspecified atom stereocenters. The van der Waals surface area contributed by atoms with Crippen molar-refractivity contribution in [1.82, 2.24) is 19.4 Å². The number of carbonyl (C=O) groups is 1. The summed E-state index contributed by atoms with van der Waals surface area (Å²) >= 11 is 0. The van der Waals surface area contributed by atoms with Gasteiger partial charge in [-0.2, -0.15) is 5.26 Å². The number of fused-ring (bicyclic) bond motifs is 1. The maximum absolute atomic E-state index is 14.9. The van der Waals surface area contributed by atoms with Crippen molar-refractivity contribution in [1.29, 1.82) is 5.26 Å². The number of pyridine rings is 1. The van der Waals surface area contributed by atoms with Crippen LogP contribution in [0.5, 0.6) is 5.75 Å². The lowest BCUT2D eigenvalue weighted by Crippen LogP contribution is -2.38. The Morgan fingerprint density at radius 3 is 2.62 bits per heavy atom. The second kappa shape index (κ2) is 11.2. The molecule has 42 heavy (non-hydrogen) atoms. The number of ether oxygens (including phenoxy) is 2. The first-order valence-corrected chi connectivity index (χ1v) is 13.7. The highest BCUT2D eigenvalue weighted by molar-refractivity contribution is 5.84. The largest absolute Gasteiger partial charge is 0.494 e. The molecule has 9 nitrogen and oxygen atoms in total. The van der Waals surface area contributed by atoms with Gasteiger partial charge < -0.3 is 9.47 Å². The smallest absolute Gasteiger partial charge is 0.410 e. The van der Waals surface area contributed by atoms with Crippen LogP contribution in [0.1, 0.15) is 67.9 Å². The number of aromatic nitrogens is 3. The monoisotopic (exact) mass is 569 g/mol. The van der Waals surface area contributed by atoms with E-state index in [9.17, 15) is 19.2 Å². The molecule has 0 N–H and O–H groups in total. The first-order valence-electron chi connectivity index (χ1n) is 13.7. The van der Waals surface area contributed by atoms with Gasteiger partial charge in [-0.3, -0.25) is 19.2 Å². The summed E-state index contributed by atoms with van der Waals surface area (Å²) in [7, 11) is 1.36. The maximum Gasteiger partial charge on any atom is 0.410 e. The van der Waals surface area contributed by atoms with Gasteiger partial charge in [0.15, 0.2) is 11.6 Å². The first kappa shape index (κ1) is 28.7. The summed E-state index contributed by atoms with van der Waals surface area (Å²) in [5, 5.41) is 10.0. The molecule has 5 rings (SSSR count). The normalized spacial score (nSPS) is 15.1. The van der Waals surface area contributed by atoms with Crippen molar-refractivity contribution >= 4 is 17.0 Å². The molecule has 0 saturated carbocycles. The van der Waals surface area contributed by atoms with E-state index in [4.69, 9.17) is 14.5 Å². The number of benzene rings is 2. The SMILES string of the molecule is COc1ccc(-n2c(C3CCCN3C(=O)OC(C)(C)C)nc3c(Cc4ccc(C)nc4)cc(C#N)cc3c2=O)cc1F. The minimum absolute atomic E-state index is 0.0269. The summed E-state index contributed by atoms with van der Waals surface area (Å²) in [5.74, 6) is -0.339. The Kier molecular flexibility index (Phi) is 7.69. The Bertz CT molecular complexity index is 1770. The predicted octanol–water partition coefficient (Wildman–Crippen LogP) is 5.77. The standard InChI is InChI=1S/C32H32FN5O4/c1-19-8-9-20(18-35-19)13-22-14-21(17-34)15-24-28(22)36-29(26-7-6-12-37(26)31(40)42-32(2,3)4)38(30(24)39)23-10-11-27(41-5)25(33)16-23/h8-11,14-16,18,26H,6-7,12-13H2,1-5H3. The fraction of sp³-hybridized carbons (Fsp3) is 0.344. The third-order valence-electron chi connectivity index (χ3n) is 7.15. The molecule has 0 radical (unpaired) electrons. The van der Waals surface area contributed by atoms with E-state index < -0.39 is 29.1 Å². The summed E-state index contributed by atoms with van der Waals surface area (Å²) in [4.78, 5) is 38.5. The zero-order valence-corrected chi connectivity index (χ0v) is 24.3. The molecule has 216 valence electrons. The fourth-order valence-electron chi connectivity index (χ4n) is 5.24. The molecule has 1 fully saturated rings. The van der Waals surface area contributed by atoms with E-state index in [0.29, 0.717) is 42.5 Å². The third-order valence-corrected chi connectivity index (χ3v) is 7.15. The Balaban J connectivity index is 1.77. The number of likely N-dealkylation sites (tertiary alicyclic amines) is 1. The number of amides is 1. The molecule has 4 aromatic rings. The van der Waals surface area contributed by atoms with Crippen molar-refractivity contribution in [3.8, 4) is 17.5 Å². The average Bonchev–Trinajstić information content (AvgIpc) is 3.44. The minimum Gasteiger partial charge on any atom is -0.494 e. The number of aryl methyl sites for hydroxylation is 1. The molecule has 1 aliphatic heterocycles. The molecule has 1 aliphatic rings. The highest BCUT2D eigenvalue weighted by Crippen LogP contribution is 2.35. The van der Waals surface area contributed by atoms with Crippen molar-refractivity contribution in [3.63, 3.8) is 0 Å². The molecular formula is C32H32FN5O4. The van der Waals surface area contributed by atoms with Gasteiger partial charge in [0.25, 0.3) is 5.56 Å². The van der Waals surface area contributed by atoms with Crippen molar-refractivity contribution in [2.75, 3.05) is 13.7 Å². The first-order chi connectivity index (χ1) is 20.0. The van der Waals surface area contributed by atoms with Crippen LogP contribution in [-0.2, 0) is 11.2 Å². The molecule has 1 saturated heterocycles. The maximum atomic E-state index is 14.9. The number of methoxy groups -OCH3 is 1. The molecule has 1 atom stereocenters. The van der Waals surface area contributed by atoms with Gasteiger partial charge in [-0.1, -0.05) is 6.07 Å². The zero-order valence-electron chi connectivity index (χ0n) is 24.3. The Morgan fingerprint density at radius 2 is 1.98 bits per heavy atom. The molecule has 0 bridgehead atoms. The van der Waals surface area contributed by atoms with Gasteiger partial charge in [-0.25, -0.2) is 14.2 Å². The van der Waals surface area contributed by atoms with Crippen molar-refractivity contribution in [2.45, 2.75) is 58.6 Å². The molecular weight excluding hydrogens is 537 g/mol. The van der Waals surface area contributed by atoms with Gasteiger partial charge in [-0.15, -0.1) is 0 Å². The van der Waals surface area contributed by atoms with E-state index in [1.165, 1.54) is 29.9 Å². The van der Waals surface area contributed by atoms with E-state index in [2.05, 4.69) is 11.1 Å². The highest BCUT2D eigenvalue weighted by atomic mass is 19.1. The number of hydrogen-bond donors (Lipinski definition) is 0. The number of nitrogens with zero attached hydrogens (tertiary/aromatic N) is 5. The van der Waals surface area contributed by atoms with Gasteiger partial charge in [0.1, 0.15) is 11.4 Å². The van der Waals surface area contributed by atoms with E-state index in [1.54, 1.807) is 44.0 Å². The number of carbonyl (C=O) groups excluding carboxylic acids is 1. The minimum atomic E-state index is -0.719. The highest BCUT2D eigenvalue weighted by Gasteiger charge is 2.37. The Labute approximate surface area is 243 Å². The summed E-state index contributed by atoms with van der Waals surface area (Å²) < 4.78 is 27.0. The van der Waals surface area contributed by atoms with Crippen LogP contribution in [0.15, 0.2) is 53.5 Å². The number of rotatable bonds is 5. The van der Waals surface area contributed by atoms with E-state index >= 15 is 0 Å². The lowest BCUT2D eigenvalue weighted by atomic mass is 10.00. The van der Waals surface area contributed by atoms with Crippen LogP contribution >= 0.6 is 0 Å². The van der Waals surface area contributed by atoms with Crippen LogP contribution in [0, 0.1) is 24.1 Å². The van der Waals surface area contributed by atoms with Crippen molar-refractivity contribution in [3.05, 3.63) is 93.0 Å². The number of nitriles is 1. The average molecular weight is 570 g/mol. The quantitative estimate of drug-likeness (QED) is 0.300. The second-order valence-electron chi connectivity index (χ2n) is 11.4. The summed E-state index contributed by atoms with van der Waals surface area (Å²) in [5.41, 5.74) is 2.17. The van der Waals surface area contributed by atoms with Crippen LogP contribution in [0.3, 0.4) is 0 Å². The molecule has 0 aliphatic carbocycles. The van der Waals surface area contributed by atoms with Crippen LogP contribution in [0.25, 0.3) is 16.6 Å². The number of halogens is 1. The fourth-order valence-corrected chi connectivity index (χ4v) is 5.24. The van der Waals surface area contributed by atoms with Crippen molar-refractivity contribution in [2.24, 2.45) is 0 Å². The topological polar surface area (TPSA) is 110 Å². The molecule has 10 heteroatoms. The van der Waals surface area contributed by atoms with Gasteiger partial charge in [0, 0.05) is 30.9 Å². The second-order valence-corrected chi connectivity index (χ2v) is 11.4. The van der Waals surface area contributed by atoms with E-state index in [1.807, 2.05) is 19.1 Å². The van der Waals surface area contributed by atoms with Crippen LogP contribution in [-0.4, -0.2) is 44.8 Å². The predicted molar refractivity (Wildman–Crippen MR) is 155 cm³/mol. The Morgan fingerprint density at radius 1 is 1.19 bits per heavy atom. The number of hydrogen-bond acceptors (Lipinski definition) is 7. The molecule has 0 spiro atoms. The lowest BCUT2D eigenvalue weighted by molar-refractivity contribution is 0.0216. The molecule has 2 aromatic carbocycles. The van der Waals surface area contributed by atoms with Gasteiger partial charge in [0.2, 0.25) is 0 Å². The van der Waals surface area contributed by atoms with Crippen LogP contribution in [0.4, 0.5) is 9.18 Å². The molecule has 1 amide bonds. The van der Waals surface area contributed by atoms with Gasteiger partial charge >= 0.3 is 6.09 Å². The lowest BCUT2D eigenvalue weighted by Gasteiger charge is -2.29. The van der Waals surface area contributed by atoms with E-state index in [0.717, 1.165) is 11.3 Å².